The van der Waals surface area contributed by atoms with Crippen molar-refractivity contribution >= 4 is 113 Å². The van der Waals surface area contributed by atoms with Crippen LogP contribution in [0.4, 0.5) is 0 Å². The first kappa shape index (κ1) is 75.9. The Hall–Kier alpha value is 6.66. The fraction of sp³-hybridized carbons (Fsp3) is 0. The molecule has 0 amide bonds. The van der Waals surface area contributed by atoms with Crippen LogP contribution in [0, 0.1) is 0 Å². The molecule has 0 fully saturated rings. The molecular weight excluding hydrogens is 600 g/mol. The van der Waals surface area contributed by atoms with E-state index in [0.29, 0.717) is 0 Å². The first-order chi connectivity index (χ1) is 0. The number of hydrogen-bond acceptors (Lipinski definition) is 0. The molecule has 0 N–H and O–H groups in total. The number of rotatable bonds is 0. The van der Waals surface area contributed by atoms with Crippen LogP contribution >= 0.6 is 0 Å². The zero-order chi connectivity index (χ0) is 0. The summed E-state index contributed by atoms with van der Waals surface area (Å²) in [5.74, 6) is 0. The summed E-state index contributed by atoms with van der Waals surface area (Å²) in [6.45, 7) is 0. The Morgan fingerprint density at radius 2 is 0.222 bits per heavy atom. The van der Waals surface area contributed by atoms with Gasteiger partial charge in [-0.1, -0.05) is 0 Å². The van der Waals surface area contributed by atoms with E-state index >= 15 is 0 Å². The van der Waals surface area contributed by atoms with Gasteiger partial charge in [0, 0.05) is 0 Å². The quantitative estimate of drug-likeness (QED) is 0.243. The minimum atomic E-state index is 0. The first-order valence-electron chi connectivity index (χ1n) is 0. The van der Waals surface area contributed by atoms with Crippen LogP contribution in [0.2, 0.25) is 0 Å². The average molecular weight is 600 g/mol. The monoisotopic (exact) mass is 593 g/mol. The van der Waals surface area contributed by atoms with Gasteiger partial charge in [-0.25, -0.2) is 0 Å². The van der Waals surface area contributed by atoms with Crippen LogP contribution in [0.5, 0.6) is 0 Å². The summed E-state index contributed by atoms with van der Waals surface area (Å²) in [5.41, 5.74) is 0. The predicted octanol–water partition coefficient (Wildman–Crippen LogP) is -19.1. The van der Waals surface area contributed by atoms with Crippen molar-refractivity contribution in [3.8, 4) is 0 Å². The van der Waals surface area contributed by atoms with Gasteiger partial charge in [-0.2, -0.15) is 0 Å². The van der Waals surface area contributed by atoms with Gasteiger partial charge in [-0.15, -0.1) is 0 Å². The zero-order valence-electron chi connectivity index (χ0n) is 4.39. The molecule has 0 nitrogen and oxygen atoms in total. The van der Waals surface area contributed by atoms with Crippen LogP contribution in [0.15, 0.2) is 0 Å². The Balaban J connectivity index is 0. The molecule has 9 heavy (non-hydrogen) atoms. The van der Waals surface area contributed by atoms with Crippen molar-refractivity contribution in [3.63, 3.8) is 0 Å². The Morgan fingerprint density at radius 1 is 0.222 bits per heavy atom. The van der Waals surface area contributed by atoms with Crippen molar-refractivity contribution in [3.05, 3.63) is 0 Å². The molecule has 0 saturated heterocycles. The molecule has 0 spiro atoms. The standard InChI is InChI=1S/6BrH.3Ca/h6*1H;;;/q;;;;;;3*+2/p-6. The topological polar surface area (TPSA) is 0 Å². The summed E-state index contributed by atoms with van der Waals surface area (Å²) in [4.78, 5) is 0. The Bertz CT molecular complexity index is 8.26. The van der Waals surface area contributed by atoms with Crippen LogP contribution < -0.4 is 102 Å². The molecule has 9 heteroatoms. The van der Waals surface area contributed by atoms with E-state index in [2.05, 4.69) is 0 Å². The third-order valence-electron chi connectivity index (χ3n) is 0. The Kier molecular flexibility index (Phi) is 520. The van der Waals surface area contributed by atoms with Gasteiger partial charge in [0.1, 0.15) is 0 Å². The largest absolute Gasteiger partial charge is 2.00 e. The SMILES string of the molecule is [Br-].[Br-].[Br-].[Br-].[Br-].[Br-].[Ca+2].[Ca+2].[Ca+2]. The van der Waals surface area contributed by atoms with Gasteiger partial charge in [-0.3, -0.25) is 0 Å². The van der Waals surface area contributed by atoms with Crippen molar-refractivity contribution in [2.45, 2.75) is 0 Å². The van der Waals surface area contributed by atoms with Gasteiger partial charge in [0.25, 0.3) is 0 Å². The summed E-state index contributed by atoms with van der Waals surface area (Å²) in [5, 5.41) is 0. The van der Waals surface area contributed by atoms with Crippen molar-refractivity contribution < 1.29 is 102 Å². The van der Waals surface area contributed by atoms with Gasteiger partial charge >= 0.3 is 113 Å². The molecule has 0 aliphatic rings. The van der Waals surface area contributed by atoms with Gasteiger partial charge in [-0.05, 0) is 0 Å². The average Bonchev–Trinajstić information content (AvgIpc) is 0. The van der Waals surface area contributed by atoms with Gasteiger partial charge in [0.2, 0.25) is 0 Å². The summed E-state index contributed by atoms with van der Waals surface area (Å²) in [6, 6.07) is 0. The maximum atomic E-state index is 0. The molecular formula is Br6Ca3. The summed E-state index contributed by atoms with van der Waals surface area (Å²) < 4.78 is 0. The summed E-state index contributed by atoms with van der Waals surface area (Å²) in [6.07, 6.45) is 0. The number of hydrogen-bond donors (Lipinski definition) is 0. The van der Waals surface area contributed by atoms with E-state index in [4.69, 9.17) is 0 Å². The van der Waals surface area contributed by atoms with Gasteiger partial charge < -0.3 is 102 Å². The molecule has 0 aromatic heterocycles. The van der Waals surface area contributed by atoms with Crippen LogP contribution in [-0.4, -0.2) is 113 Å². The second-order valence-corrected chi connectivity index (χ2v) is 0. The fourth-order valence-electron chi connectivity index (χ4n) is 0. The van der Waals surface area contributed by atoms with E-state index < -0.39 is 0 Å². The molecule has 0 aromatic carbocycles. The second-order valence-electron chi connectivity index (χ2n) is 0. The molecule has 0 unspecified atom stereocenters. The van der Waals surface area contributed by atoms with E-state index in [9.17, 15) is 0 Å². The predicted molar refractivity (Wildman–Crippen MR) is 17.3 cm³/mol. The van der Waals surface area contributed by atoms with Gasteiger partial charge in [0.05, 0.1) is 0 Å². The van der Waals surface area contributed by atoms with E-state index in [1.165, 1.54) is 0 Å². The van der Waals surface area contributed by atoms with E-state index in [1.54, 1.807) is 0 Å². The van der Waals surface area contributed by atoms with E-state index in [0.717, 1.165) is 0 Å². The summed E-state index contributed by atoms with van der Waals surface area (Å²) >= 11 is 0. The van der Waals surface area contributed by atoms with E-state index in [1.807, 2.05) is 0 Å². The van der Waals surface area contributed by atoms with Crippen LogP contribution in [-0.2, 0) is 0 Å². The Labute approximate surface area is 209 Å². The minimum Gasteiger partial charge on any atom is -1.00 e. The van der Waals surface area contributed by atoms with Gasteiger partial charge in [0.15, 0.2) is 0 Å². The molecule has 0 heterocycles. The maximum absolute atomic E-state index is 0. The third-order valence-corrected chi connectivity index (χ3v) is 0. The first-order valence-corrected chi connectivity index (χ1v) is 0. The molecule has 0 rings (SSSR count). The zero-order valence-corrected chi connectivity index (χ0v) is 20.5. The molecule has 0 aliphatic heterocycles. The van der Waals surface area contributed by atoms with Crippen molar-refractivity contribution in [1.82, 2.24) is 0 Å². The van der Waals surface area contributed by atoms with Crippen molar-refractivity contribution in [2.24, 2.45) is 0 Å². The molecule has 0 radical (unpaired) electrons. The van der Waals surface area contributed by atoms with Crippen LogP contribution in [0.25, 0.3) is 0 Å². The normalized spacial score (nSPS) is 0. The van der Waals surface area contributed by atoms with Crippen LogP contribution in [0.1, 0.15) is 0 Å². The number of halogens is 6. The molecule has 0 aromatic rings. The van der Waals surface area contributed by atoms with Crippen molar-refractivity contribution in [1.29, 1.82) is 0 Å². The third kappa shape index (κ3) is 53.0. The molecule has 48 valence electrons. The molecule has 0 atom stereocenters. The molecule has 0 saturated carbocycles. The van der Waals surface area contributed by atoms with E-state index in [-0.39, 0.29) is 215 Å². The smallest absolute Gasteiger partial charge is 1.00 e. The maximum Gasteiger partial charge on any atom is 2.00 e. The fourth-order valence-corrected chi connectivity index (χ4v) is 0. The summed E-state index contributed by atoms with van der Waals surface area (Å²) in [7, 11) is 0. The Morgan fingerprint density at radius 3 is 0.222 bits per heavy atom. The van der Waals surface area contributed by atoms with Crippen molar-refractivity contribution in [2.75, 3.05) is 0 Å². The second kappa shape index (κ2) is 61.7. The minimum absolute atomic E-state index is 0. The van der Waals surface area contributed by atoms with Crippen LogP contribution in [0.3, 0.4) is 0 Å². The molecule has 0 bridgehead atoms. The molecule has 0 aliphatic carbocycles.